The van der Waals surface area contributed by atoms with Crippen molar-refractivity contribution in [2.75, 3.05) is 11.5 Å². The SMILES string of the molecule is Nc1cc(=NC2CCCCC2)nc(N)n1O. The van der Waals surface area contributed by atoms with Crippen LogP contribution in [0.25, 0.3) is 0 Å². The molecule has 6 nitrogen and oxygen atoms in total. The molecule has 0 atom stereocenters. The maximum absolute atomic E-state index is 9.30. The summed E-state index contributed by atoms with van der Waals surface area (Å²) in [6, 6.07) is 1.85. The van der Waals surface area contributed by atoms with Crippen LogP contribution in [0.5, 0.6) is 0 Å². The lowest BCUT2D eigenvalue weighted by Crippen LogP contribution is -2.22. The van der Waals surface area contributed by atoms with Gasteiger partial charge in [0.2, 0.25) is 5.95 Å². The zero-order chi connectivity index (χ0) is 11.5. The van der Waals surface area contributed by atoms with Crippen LogP contribution in [0.2, 0.25) is 0 Å². The summed E-state index contributed by atoms with van der Waals surface area (Å²) in [6.45, 7) is 0. The van der Waals surface area contributed by atoms with Crippen LogP contribution in [-0.2, 0) is 0 Å². The van der Waals surface area contributed by atoms with Gasteiger partial charge in [-0.1, -0.05) is 19.3 Å². The van der Waals surface area contributed by atoms with Crippen LogP contribution in [0, 0.1) is 0 Å². The first-order chi connectivity index (χ1) is 7.66. The molecule has 0 spiro atoms. The van der Waals surface area contributed by atoms with Crippen molar-refractivity contribution < 1.29 is 5.21 Å². The van der Waals surface area contributed by atoms with Crippen LogP contribution in [0.15, 0.2) is 11.1 Å². The topological polar surface area (TPSA) is 102 Å². The van der Waals surface area contributed by atoms with Gasteiger partial charge in [0.05, 0.1) is 6.04 Å². The van der Waals surface area contributed by atoms with Gasteiger partial charge < -0.3 is 16.7 Å². The molecule has 6 heteroatoms. The molecule has 1 aliphatic rings. The Morgan fingerprint density at radius 1 is 1.31 bits per heavy atom. The van der Waals surface area contributed by atoms with Gasteiger partial charge in [-0.05, 0) is 12.8 Å². The lowest BCUT2D eigenvalue weighted by molar-refractivity contribution is 0.193. The second-order valence-electron chi connectivity index (χ2n) is 4.13. The third-order valence-corrected chi connectivity index (χ3v) is 2.86. The number of nitrogens with zero attached hydrogens (tertiary/aromatic N) is 3. The van der Waals surface area contributed by atoms with Crippen LogP contribution < -0.4 is 17.0 Å². The fourth-order valence-corrected chi connectivity index (χ4v) is 1.99. The summed E-state index contributed by atoms with van der Waals surface area (Å²) < 4.78 is 0.653. The van der Waals surface area contributed by atoms with Crippen LogP contribution in [0.3, 0.4) is 0 Å². The molecule has 0 aromatic carbocycles. The number of hydrogen-bond donors (Lipinski definition) is 3. The second-order valence-corrected chi connectivity index (χ2v) is 4.13. The predicted octanol–water partition coefficient (Wildman–Crippen LogP) is 0.518. The van der Waals surface area contributed by atoms with Crippen molar-refractivity contribution in [1.29, 1.82) is 0 Å². The number of nitrogens with two attached hydrogens (primary N) is 2. The summed E-state index contributed by atoms with van der Waals surface area (Å²) in [5.41, 5.74) is 11.6. The molecule has 1 aromatic heterocycles. The van der Waals surface area contributed by atoms with Crippen molar-refractivity contribution >= 4 is 11.8 Å². The standard InChI is InChI=1S/C10H17N5O/c11-8-6-9(14-10(12)15(8)16)13-7-4-2-1-3-5-7/h6-7,16H,1-5,11H2,(H2,12,13,14). The summed E-state index contributed by atoms with van der Waals surface area (Å²) in [4.78, 5) is 8.46. The Hall–Kier alpha value is -1.72. The van der Waals surface area contributed by atoms with E-state index in [0.717, 1.165) is 12.8 Å². The fourth-order valence-electron chi connectivity index (χ4n) is 1.99. The normalized spacial score (nSPS) is 18.9. The van der Waals surface area contributed by atoms with E-state index in [2.05, 4.69) is 9.98 Å². The van der Waals surface area contributed by atoms with Crippen molar-refractivity contribution in [2.45, 2.75) is 38.1 Å². The van der Waals surface area contributed by atoms with Crippen molar-refractivity contribution in [1.82, 2.24) is 9.71 Å². The molecule has 0 aliphatic heterocycles. The monoisotopic (exact) mass is 223 g/mol. The first-order valence-electron chi connectivity index (χ1n) is 5.55. The van der Waals surface area contributed by atoms with E-state index >= 15 is 0 Å². The second kappa shape index (κ2) is 4.42. The fraction of sp³-hybridized carbons (Fsp3) is 0.600. The Morgan fingerprint density at radius 3 is 2.62 bits per heavy atom. The predicted molar refractivity (Wildman–Crippen MR) is 60.7 cm³/mol. The Morgan fingerprint density at radius 2 is 2.00 bits per heavy atom. The molecule has 2 rings (SSSR count). The highest BCUT2D eigenvalue weighted by Gasteiger charge is 2.11. The van der Waals surface area contributed by atoms with Crippen molar-refractivity contribution in [3.63, 3.8) is 0 Å². The van der Waals surface area contributed by atoms with Crippen LogP contribution in [0.4, 0.5) is 11.8 Å². The Bertz CT molecular complexity index is 407. The highest BCUT2D eigenvalue weighted by Crippen LogP contribution is 2.19. The molecule has 88 valence electrons. The summed E-state index contributed by atoms with van der Waals surface area (Å²) in [5.74, 6) is 0.122. The van der Waals surface area contributed by atoms with E-state index in [1.54, 1.807) is 0 Å². The minimum atomic E-state index is -0.0328. The van der Waals surface area contributed by atoms with Crippen LogP contribution >= 0.6 is 0 Å². The molecule has 1 heterocycles. The first kappa shape index (κ1) is 10.8. The molecule has 0 radical (unpaired) electrons. The maximum atomic E-state index is 9.30. The average Bonchev–Trinajstić information content (AvgIpc) is 2.27. The van der Waals surface area contributed by atoms with E-state index in [9.17, 15) is 5.21 Å². The molecule has 0 saturated heterocycles. The van der Waals surface area contributed by atoms with Crippen LogP contribution in [0.1, 0.15) is 32.1 Å². The minimum absolute atomic E-state index is 0.0328. The number of hydrogen-bond acceptors (Lipinski definition) is 5. The molecule has 1 saturated carbocycles. The van der Waals surface area contributed by atoms with Gasteiger partial charge >= 0.3 is 0 Å². The highest BCUT2D eigenvalue weighted by molar-refractivity contribution is 5.33. The number of nitrogen functional groups attached to an aromatic ring is 2. The molecule has 5 N–H and O–H groups in total. The van der Waals surface area contributed by atoms with E-state index in [0.29, 0.717) is 16.3 Å². The maximum Gasteiger partial charge on any atom is 0.238 e. The Balaban J connectivity index is 2.28. The lowest BCUT2D eigenvalue weighted by atomic mass is 9.96. The van der Waals surface area contributed by atoms with Gasteiger partial charge in [-0.2, -0.15) is 4.98 Å². The first-order valence-corrected chi connectivity index (χ1v) is 5.55. The molecule has 0 bridgehead atoms. The zero-order valence-electron chi connectivity index (χ0n) is 9.13. The number of anilines is 2. The quantitative estimate of drug-likeness (QED) is 0.604. The van der Waals surface area contributed by atoms with Gasteiger partial charge in [0.1, 0.15) is 5.82 Å². The summed E-state index contributed by atoms with van der Waals surface area (Å²) in [7, 11) is 0. The highest BCUT2D eigenvalue weighted by atomic mass is 16.5. The van der Waals surface area contributed by atoms with E-state index in [1.165, 1.54) is 25.3 Å². The van der Waals surface area contributed by atoms with Gasteiger partial charge in [-0.25, -0.2) is 0 Å². The van der Waals surface area contributed by atoms with Gasteiger partial charge in [0.15, 0.2) is 5.49 Å². The molecule has 1 fully saturated rings. The lowest BCUT2D eigenvalue weighted by Gasteiger charge is -2.17. The molecular weight excluding hydrogens is 206 g/mol. The average molecular weight is 223 g/mol. The van der Waals surface area contributed by atoms with Crippen molar-refractivity contribution in [3.05, 3.63) is 11.6 Å². The molecule has 1 aromatic rings. The zero-order valence-corrected chi connectivity index (χ0v) is 9.13. The molecule has 0 amide bonds. The Kier molecular flexibility index (Phi) is 2.98. The third-order valence-electron chi connectivity index (χ3n) is 2.86. The Labute approximate surface area is 93.6 Å². The third kappa shape index (κ3) is 2.26. The molecule has 0 unspecified atom stereocenters. The van der Waals surface area contributed by atoms with Gasteiger partial charge in [0.25, 0.3) is 0 Å². The van der Waals surface area contributed by atoms with E-state index < -0.39 is 0 Å². The smallest absolute Gasteiger partial charge is 0.238 e. The number of rotatable bonds is 1. The summed E-state index contributed by atoms with van der Waals surface area (Å²) >= 11 is 0. The van der Waals surface area contributed by atoms with Gasteiger partial charge in [-0.15, -0.1) is 4.73 Å². The van der Waals surface area contributed by atoms with E-state index in [-0.39, 0.29) is 11.8 Å². The van der Waals surface area contributed by atoms with E-state index in [1.807, 2.05) is 0 Å². The summed E-state index contributed by atoms with van der Waals surface area (Å²) in [5, 5.41) is 9.30. The largest absolute Gasteiger partial charge is 0.424 e. The van der Waals surface area contributed by atoms with Crippen molar-refractivity contribution in [3.8, 4) is 0 Å². The van der Waals surface area contributed by atoms with Gasteiger partial charge in [0, 0.05) is 6.07 Å². The molecule has 1 aliphatic carbocycles. The van der Waals surface area contributed by atoms with Crippen molar-refractivity contribution in [2.24, 2.45) is 4.99 Å². The minimum Gasteiger partial charge on any atom is -0.424 e. The van der Waals surface area contributed by atoms with E-state index in [4.69, 9.17) is 11.5 Å². The molecule has 16 heavy (non-hydrogen) atoms. The van der Waals surface area contributed by atoms with Gasteiger partial charge in [-0.3, -0.25) is 4.99 Å². The number of aromatic nitrogens is 2. The molecular formula is C10H17N5O. The van der Waals surface area contributed by atoms with Crippen LogP contribution in [-0.4, -0.2) is 21.0 Å². The summed E-state index contributed by atoms with van der Waals surface area (Å²) in [6.07, 6.45) is 5.90.